The van der Waals surface area contributed by atoms with Crippen molar-refractivity contribution in [2.24, 2.45) is 0 Å². The number of hydrogen-bond donors (Lipinski definition) is 1. The quantitative estimate of drug-likeness (QED) is 0.924. The summed E-state index contributed by atoms with van der Waals surface area (Å²) in [5, 5.41) is 3.18. The van der Waals surface area contributed by atoms with Crippen molar-refractivity contribution < 1.29 is 9.13 Å². The second-order valence-corrected chi connectivity index (χ2v) is 5.48. The third kappa shape index (κ3) is 2.39. The molecule has 0 aromatic heterocycles. The van der Waals surface area contributed by atoms with E-state index in [-0.39, 0.29) is 17.5 Å². The van der Waals surface area contributed by atoms with E-state index in [1.165, 1.54) is 0 Å². The van der Waals surface area contributed by atoms with E-state index in [0.717, 1.165) is 19.4 Å². The van der Waals surface area contributed by atoms with Crippen molar-refractivity contribution in [2.45, 2.75) is 31.4 Å². The second-order valence-electron chi connectivity index (χ2n) is 4.63. The Morgan fingerprint density at radius 3 is 2.88 bits per heavy atom. The third-order valence-corrected chi connectivity index (χ3v) is 4.05. The SMILES string of the molecule is CNC(c1cccc(Br)c1F)C1(C)CCCO1. The second kappa shape index (κ2) is 5.04. The van der Waals surface area contributed by atoms with Crippen molar-refractivity contribution in [3.8, 4) is 0 Å². The van der Waals surface area contributed by atoms with Crippen LogP contribution in [0.4, 0.5) is 4.39 Å². The van der Waals surface area contributed by atoms with E-state index in [2.05, 4.69) is 21.2 Å². The molecule has 2 atom stereocenters. The van der Waals surface area contributed by atoms with Crippen molar-refractivity contribution in [1.29, 1.82) is 0 Å². The fourth-order valence-electron chi connectivity index (χ4n) is 2.56. The molecule has 0 amide bonds. The third-order valence-electron chi connectivity index (χ3n) is 3.44. The van der Waals surface area contributed by atoms with Gasteiger partial charge in [0.05, 0.1) is 16.1 Å². The van der Waals surface area contributed by atoms with E-state index in [1.54, 1.807) is 6.07 Å². The molecular formula is C13H17BrFNO. The van der Waals surface area contributed by atoms with Crippen molar-refractivity contribution in [2.75, 3.05) is 13.7 Å². The number of nitrogens with one attached hydrogen (secondary N) is 1. The summed E-state index contributed by atoms with van der Waals surface area (Å²) in [4.78, 5) is 0. The van der Waals surface area contributed by atoms with Crippen LogP contribution in [0.3, 0.4) is 0 Å². The molecule has 0 saturated carbocycles. The minimum Gasteiger partial charge on any atom is -0.373 e. The molecule has 1 aliphatic rings. The summed E-state index contributed by atoms with van der Waals surface area (Å²) >= 11 is 3.23. The van der Waals surface area contributed by atoms with Crippen LogP contribution in [-0.4, -0.2) is 19.3 Å². The highest BCUT2D eigenvalue weighted by atomic mass is 79.9. The minimum absolute atomic E-state index is 0.123. The highest BCUT2D eigenvalue weighted by molar-refractivity contribution is 9.10. The molecule has 2 rings (SSSR count). The number of hydrogen-bond acceptors (Lipinski definition) is 2. The van der Waals surface area contributed by atoms with Crippen LogP contribution in [0.2, 0.25) is 0 Å². The van der Waals surface area contributed by atoms with Crippen LogP contribution in [0.15, 0.2) is 22.7 Å². The Kier molecular flexibility index (Phi) is 3.85. The average Bonchev–Trinajstić information content (AvgIpc) is 2.73. The van der Waals surface area contributed by atoms with Gasteiger partial charge in [0.15, 0.2) is 0 Å². The minimum atomic E-state index is -0.323. The van der Waals surface area contributed by atoms with Gasteiger partial charge in [0.1, 0.15) is 5.82 Å². The van der Waals surface area contributed by atoms with Gasteiger partial charge in [0, 0.05) is 12.2 Å². The molecule has 1 N–H and O–H groups in total. The molecule has 1 aromatic rings. The maximum atomic E-state index is 14.1. The maximum absolute atomic E-state index is 14.1. The Labute approximate surface area is 110 Å². The van der Waals surface area contributed by atoms with Gasteiger partial charge in [-0.1, -0.05) is 12.1 Å². The van der Waals surface area contributed by atoms with Gasteiger partial charge < -0.3 is 10.1 Å². The first-order chi connectivity index (χ1) is 8.08. The predicted octanol–water partition coefficient (Wildman–Crippen LogP) is 3.42. The summed E-state index contributed by atoms with van der Waals surface area (Å²) in [6.45, 7) is 2.80. The van der Waals surface area contributed by atoms with Gasteiger partial charge in [-0.25, -0.2) is 4.39 Å². The summed E-state index contributed by atoms with van der Waals surface area (Å²) < 4.78 is 20.4. The Balaban J connectivity index is 2.38. The largest absolute Gasteiger partial charge is 0.373 e. The topological polar surface area (TPSA) is 21.3 Å². The zero-order chi connectivity index (χ0) is 12.5. The first-order valence-corrected chi connectivity index (χ1v) is 6.63. The first-order valence-electron chi connectivity index (χ1n) is 5.83. The van der Waals surface area contributed by atoms with Crippen LogP contribution < -0.4 is 5.32 Å². The van der Waals surface area contributed by atoms with E-state index < -0.39 is 0 Å². The molecule has 0 radical (unpaired) electrons. The van der Waals surface area contributed by atoms with Gasteiger partial charge in [-0.05, 0) is 48.8 Å². The van der Waals surface area contributed by atoms with Crippen LogP contribution in [0.1, 0.15) is 31.4 Å². The lowest BCUT2D eigenvalue weighted by atomic mass is 9.87. The molecule has 94 valence electrons. The van der Waals surface area contributed by atoms with E-state index in [1.807, 2.05) is 26.1 Å². The van der Waals surface area contributed by atoms with Gasteiger partial charge in [-0.2, -0.15) is 0 Å². The standard InChI is InChI=1S/C13H17BrFNO/c1-13(7-4-8-17-13)12(16-2)9-5-3-6-10(14)11(9)15/h3,5-6,12,16H,4,7-8H2,1-2H3. The fourth-order valence-corrected chi connectivity index (χ4v) is 2.94. The maximum Gasteiger partial charge on any atom is 0.142 e. The molecule has 0 bridgehead atoms. The summed E-state index contributed by atoms with van der Waals surface area (Å²) in [5.74, 6) is -0.205. The molecular weight excluding hydrogens is 285 g/mol. The number of halogens is 2. The summed E-state index contributed by atoms with van der Waals surface area (Å²) in [7, 11) is 1.85. The molecule has 2 unspecified atom stereocenters. The van der Waals surface area contributed by atoms with E-state index in [4.69, 9.17) is 4.74 Å². The van der Waals surface area contributed by atoms with E-state index in [0.29, 0.717) is 10.0 Å². The van der Waals surface area contributed by atoms with Gasteiger partial charge in [-0.15, -0.1) is 0 Å². The molecule has 1 saturated heterocycles. The molecule has 0 spiro atoms. The molecule has 2 nitrogen and oxygen atoms in total. The Morgan fingerprint density at radius 2 is 2.29 bits per heavy atom. The first kappa shape index (κ1) is 13.0. The highest BCUT2D eigenvalue weighted by Crippen LogP contribution is 2.38. The van der Waals surface area contributed by atoms with Crippen molar-refractivity contribution in [1.82, 2.24) is 5.32 Å². The fraction of sp³-hybridized carbons (Fsp3) is 0.538. The van der Waals surface area contributed by atoms with Crippen molar-refractivity contribution in [3.63, 3.8) is 0 Å². The lowest BCUT2D eigenvalue weighted by Gasteiger charge is -2.33. The molecule has 1 aliphatic heterocycles. The summed E-state index contributed by atoms with van der Waals surface area (Å²) in [6, 6.07) is 5.26. The lowest BCUT2D eigenvalue weighted by molar-refractivity contribution is -0.0114. The number of rotatable bonds is 3. The smallest absolute Gasteiger partial charge is 0.142 e. The molecule has 0 aliphatic carbocycles. The lowest BCUT2D eigenvalue weighted by Crippen LogP contribution is -2.40. The van der Waals surface area contributed by atoms with Gasteiger partial charge in [0.25, 0.3) is 0 Å². The van der Waals surface area contributed by atoms with Crippen LogP contribution in [0.25, 0.3) is 0 Å². The zero-order valence-electron chi connectivity index (χ0n) is 10.1. The molecule has 4 heteroatoms. The van der Waals surface area contributed by atoms with Gasteiger partial charge >= 0.3 is 0 Å². The van der Waals surface area contributed by atoms with Crippen molar-refractivity contribution in [3.05, 3.63) is 34.1 Å². The van der Waals surface area contributed by atoms with Crippen LogP contribution in [0.5, 0.6) is 0 Å². The van der Waals surface area contributed by atoms with Crippen LogP contribution in [0, 0.1) is 5.82 Å². The molecule has 1 heterocycles. The Morgan fingerprint density at radius 1 is 1.53 bits per heavy atom. The van der Waals surface area contributed by atoms with Gasteiger partial charge in [0.2, 0.25) is 0 Å². The number of ether oxygens (including phenoxy) is 1. The summed E-state index contributed by atoms with van der Waals surface area (Å²) in [6.07, 6.45) is 1.98. The van der Waals surface area contributed by atoms with Crippen LogP contribution in [-0.2, 0) is 4.74 Å². The summed E-state index contributed by atoms with van der Waals surface area (Å²) in [5.41, 5.74) is 0.336. The molecule has 17 heavy (non-hydrogen) atoms. The zero-order valence-corrected chi connectivity index (χ0v) is 11.7. The van der Waals surface area contributed by atoms with E-state index >= 15 is 0 Å². The Bertz CT molecular complexity index is 404. The predicted molar refractivity (Wildman–Crippen MR) is 69.5 cm³/mol. The van der Waals surface area contributed by atoms with Crippen molar-refractivity contribution >= 4 is 15.9 Å². The monoisotopic (exact) mass is 301 g/mol. The molecule has 1 aromatic carbocycles. The highest BCUT2D eigenvalue weighted by Gasteiger charge is 2.39. The van der Waals surface area contributed by atoms with Crippen LogP contribution >= 0.6 is 15.9 Å². The van der Waals surface area contributed by atoms with E-state index in [9.17, 15) is 4.39 Å². The Hall–Kier alpha value is -0.450. The number of benzene rings is 1. The molecule has 1 fully saturated rings. The number of likely N-dealkylation sites (N-methyl/N-ethyl adjacent to an activating group) is 1. The normalized spacial score (nSPS) is 26.1. The van der Waals surface area contributed by atoms with Gasteiger partial charge in [-0.3, -0.25) is 0 Å². The average molecular weight is 302 g/mol.